The predicted octanol–water partition coefficient (Wildman–Crippen LogP) is 2.55. The van der Waals surface area contributed by atoms with Crippen LogP contribution in [0.2, 0.25) is 0 Å². The monoisotopic (exact) mass is 410 g/mol. The molecule has 1 saturated heterocycles. The van der Waals surface area contributed by atoms with Crippen LogP contribution in [0, 0.1) is 0 Å². The highest BCUT2D eigenvalue weighted by Crippen LogP contribution is 2.29. The number of pyridine rings is 1. The standard InChI is InChI=1S/C19H21F3N4O3/c1-25(18(28)15-3-2-10-29-15)12-17(27)24-14-6-8-26(9-7-14)16-5-4-13(11-23-16)19(20,21)22/h2-5,10-11,14H,6-9,12H2,1H3,(H,24,27). The fraction of sp³-hybridized carbons (Fsp3) is 0.421. The van der Waals surface area contributed by atoms with E-state index in [1.165, 1.54) is 30.3 Å². The van der Waals surface area contributed by atoms with Gasteiger partial charge < -0.3 is 19.5 Å². The second kappa shape index (κ2) is 8.54. The fourth-order valence-corrected chi connectivity index (χ4v) is 3.14. The highest BCUT2D eigenvalue weighted by Gasteiger charge is 2.31. The summed E-state index contributed by atoms with van der Waals surface area (Å²) in [7, 11) is 1.52. The molecule has 0 spiro atoms. The number of piperidine rings is 1. The lowest BCUT2D eigenvalue weighted by Gasteiger charge is -2.33. The lowest BCUT2D eigenvalue weighted by molar-refractivity contribution is -0.137. The number of alkyl halides is 3. The van der Waals surface area contributed by atoms with Gasteiger partial charge in [-0.25, -0.2) is 4.98 Å². The van der Waals surface area contributed by atoms with Crippen LogP contribution in [0.1, 0.15) is 29.0 Å². The quantitative estimate of drug-likeness (QED) is 0.820. The lowest BCUT2D eigenvalue weighted by atomic mass is 10.0. The molecule has 1 N–H and O–H groups in total. The first-order chi connectivity index (χ1) is 13.7. The van der Waals surface area contributed by atoms with Crippen LogP contribution in [0.25, 0.3) is 0 Å². The molecule has 1 aliphatic heterocycles. The van der Waals surface area contributed by atoms with Crippen molar-refractivity contribution < 1.29 is 27.2 Å². The summed E-state index contributed by atoms with van der Waals surface area (Å²) in [5, 5.41) is 2.89. The zero-order valence-corrected chi connectivity index (χ0v) is 15.8. The summed E-state index contributed by atoms with van der Waals surface area (Å²) in [6.45, 7) is 1.02. The molecule has 3 rings (SSSR count). The number of likely N-dealkylation sites (N-methyl/N-ethyl adjacent to an activating group) is 1. The van der Waals surface area contributed by atoms with E-state index in [2.05, 4.69) is 10.3 Å². The van der Waals surface area contributed by atoms with Crippen LogP contribution < -0.4 is 10.2 Å². The number of nitrogens with zero attached hydrogens (tertiary/aromatic N) is 3. The number of carbonyl (C=O) groups excluding carboxylic acids is 2. The largest absolute Gasteiger partial charge is 0.459 e. The van der Waals surface area contributed by atoms with Crippen molar-refractivity contribution in [2.45, 2.75) is 25.1 Å². The molecule has 3 heterocycles. The third kappa shape index (κ3) is 5.27. The van der Waals surface area contributed by atoms with Crippen LogP contribution in [-0.2, 0) is 11.0 Å². The second-order valence-corrected chi connectivity index (χ2v) is 6.87. The molecule has 7 nitrogen and oxygen atoms in total. The van der Waals surface area contributed by atoms with Crippen molar-refractivity contribution in [2.24, 2.45) is 0 Å². The first kappa shape index (κ1) is 20.7. The molecule has 0 unspecified atom stereocenters. The zero-order valence-electron chi connectivity index (χ0n) is 15.8. The van der Waals surface area contributed by atoms with Crippen molar-refractivity contribution in [1.29, 1.82) is 0 Å². The maximum absolute atomic E-state index is 12.6. The molecule has 0 radical (unpaired) electrons. The molecular weight excluding hydrogens is 389 g/mol. The van der Waals surface area contributed by atoms with E-state index in [-0.39, 0.29) is 30.2 Å². The van der Waals surface area contributed by atoms with Gasteiger partial charge in [-0.1, -0.05) is 0 Å². The number of hydrogen-bond donors (Lipinski definition) is 1. The predicted molar refractivity (Wildman–Crippen MR) is 98.3 cm³/mol. The minimum absolute atomic E-state index is 0.0692. The Morgan fingerprint density at radius 2 is 2.00 bits per heavy atom. The number of carbonyl (C=O) groups is 2. The van der Waals surface area contributed by atoms with E-state index in [9.17, 15) is 22.8 Å². The van der Waals surface area contributed by atoms with E-state index in [4.69, 9.17) is 4.42 Å². The van der Waals surface area contributed by atoms with Gasteiger partial charge in [0.15, 0.2) is 5.76 Å². The van der Waals surface area contributed by atoms with Gasteiger partial charge in [0.05, 0.1) is 18.4 Å². The van der Waals surface area contributed by atoms with E-state index in [1.54, 1.807) is 6.07 Å². The van der Waals surface area contributed by atoms with Gasteiger partial charge in [-0.15, -0.1) is 0 Å². The van der Waals surface area contributed by atoms with E-state index in [1.807, 2.05) is 4.90 Å². The number of amides is 2. The zero-order chi connectivity index (χ0) is 21.0. The third-order valence-electron chi connectivity index (χ3n) is 4.72. The summed E-state index contributed by atoms with van der Waals surface area (Å²) in [5.41, 5.74) is -0.781. The molecule has 0 bridgehead atoms. The molecule has 0 aromatic carbocycles. The first-order valence-electron chi connectivity index (χ1n) is 9.10. The molecule has 29 heavy (non-hydrogen) atoms. The maximum atomic E-state index is 12.6. The van der Waals surface area contributed by atoms with Gasteiger partial charge in [0.1, 0.15) is 5.82 Å². The summed E-state index contributed by atoms with van der Waals surface area (Å²) < 4.78 is 42.9. The first-order valence-corrected chi connectivity index (χ1v) is 9.10. The smallest absolute Gasteiger partial charge is 0.417 e. The minimum Gasteiger partial charge on any atom is -0.459 e. The van der Waals surface area contributed by atoms with Gasteiger partial charge in [0.25, 0.3) is 5.91 Å². The molecule has 156 valence electrons. The highest BCUT2D eigenvalue weighted by atomic mass is 19.4. The molecule has 10 heteroatoms. The fourth-order valence-electron chi connectivity index (χ4n) is 3.14. The Balaban J connectivity index is 1.46. The van der Waals surface area contributed by atoms with E-state index >= 15 is 0 Å². The van der Waals surface area contributed by atoms with Crippen molar-refractivity contribution in [2.75, 3.05) is 31.6 Å². The number of anilines is 1. The summed E-state index contributed by atoms with van der Waals surface area (Å²) in [4.78, 5) is 31.4. The molecular formula is C19H21F3N4O3. The van der Waals surface area contributed by atoms with E-state index in [0.717, 1.165) is 12.3 Å². The lowest BCUT2D eigenvalue weighted by Crippen LogP contribution is -2.47. The Labute approximate surface area is 165 Å². The van der Waals surface area contributed by atoms with Gasteiger partial charge in [-0.3, -0.25) is 9.59 Å². The molecule has 0 saturated carbocycles. The van der Waals surface area contributed by atoms with Crippen LogP contribution in [-0.4, -0.2) is 54.4 Å². The van der Waals surface area contributed by atoms with Crippen LogP contribution in [0.15, 0.2) is 41.1 Å². The molecule has 2 amide bonds. The summed E-state index contributed by atoms with van der Waals surface area (Å²) in [6.07, 6.45) is -0.932. The summed E-state index contributed by atoms with van der Waals surface area (Å²) >= 11 is 0. The Bertz CT molecular complexity index is 829. The summed E-state index contributed by atoms with van der Waals surface area (Å²) in [6, 6.07) is 5.43. The van der Waals surface area contributed by atoms with Gasteiger partial charge in [-0.2, -0.15) is 13.2 Å². The van der Waals surface area contributed by atoms with Crippen molar-refractivity contribution in [1.82, 2.24) is 15.2 Å². The molecule has 1 fully saturated rings. The number of aromatic nitrogens is 1. The van der Waals surface area contributed by atoms with E-state index < -0.39 is 11.7 Å². The SMILES string of the molecule is CN(CC(=O)NC1CCN(c2ccc(C(F)(F)F)cn2)CC1)C(=O)c1ccco1. The van der Waals surface area contributed by atoms with Crippen molar-refractivity contribution in [3.05, 3.63) is 48.0 Å². The Morgan fingerprint density at radius 3 is 2.55 bits per heavy atom. The Hall–Kier alpha value is -3.04. The average molecular weight is 410 g/mol. The highest BCUT2D eigenvalue weighted by molar-refractivity contribution is 5.94. The average Bonchev–Trinajstić information content (AvgIpc) is 3.22. The van der Waals surface area contributed by atoms with E-state index in [0.29, 0.717) is 31.7 Å². The maximum Gasteiger partial charge on any atom is 0.417 e. The number of halogens is 3. The minimum atomic E-state index is -4.41. The molecule has 2 aromatic rings. The summed E-state index contributed by atoms with van der Waals surface area (Å²) in [5.74, 6) is -0.0175. The van der Waals surface area contributed by atoms with Crippen LogP contribution >= 0.6 is 0 Å². The second-order valence-electron chi connectivity index (χ2n) is 6.87. The van der Waals surface area contributed by atoms with Gasteiger partial charge in [0, 0.05) is 32.4 Å². The number of furan rings is 1. The number of rotatable bonds is 5. The van der Waals surface area contributed by atoms with Crippen molar-refractivity contribution in [3.8, 4) is 0 Å². The molecule has 1 aliphatic rings. The number of nitrogens with one attached hydrogen (secondary N) is 1. The van der Waals surface area contributed by atoms with Crippen LogP contribution in [0.5, 0.6) is 0 Å². The van der Waals surface area contributed by atoms with Gasteiger partial charge in [-0.05, 0) is 37.1 Å². The van der Waals surface area contributed by atoms with Gasteiger partial charge in [0.2, 0.25) is 5.91 Å². The molecule has 0 aliphatic carbocycles. The molecule has 0 atom stereocenters. The topological polar surface area (TPSA) is 78.7 Å². The van der Waals surface area contributed by atoms with Crippen molar-refractivity contribution >= 4 is 17.6 Å². The van der Waals surface area contributed by atoms with Gasteiger partial charge >= 0.3 is 6.18 Å². The number of hydrogen-bond acceptors (Lipinski definition) is 5. The molecule has 2 aromatic heterocycles. The van der Waals surface area contributed by atoms with Crippen LogP contribution in [0.4, 0.5) is 19.0 Å². The normalized spacial score (nSPS) is 15.2. The van der Waals surface area contributed by atoms with Crippen molar-refractivity contribution in [3.63, 3.8) is 0 Å². The Kier molecular flexibility index (Phi) is 6.09. The third-order valence-corrected chi connectivity index (χ3v) is 4.72. The Morgan fingerprint density at radius 1 is 1.28 bits per heavy atom. The van der Waals surface area contributed by atoms with Crippen LogP contribution in [0.3, 0.4) is 0 Å².